The van der Waals surface area contributed by atoms with Crippen LogP contribution in [-0.4, -0.2) is 16.2 Å². The average molecular weight is 267 g/mol. The van der Waals surface area contributed by atoms with Crippen LogP contribution in [0.4, 0.5) is 0 Å². The van der Waals surface area contributed by atoms with Gasteiger partial charge in [-0.05, 0) is 35.1 Å². The summed E-state index contributed by atoms with van der Waals surface area (Å²) >= 11 is 1.74. The van der Waals surface area contributed by atoms with Gasteiger partial charge in [0.05, 0.1) is 0 Å². The van der Waals surface area contributed by atoms with E-state index in [4.69, 9.17) is 0 Å². The summed E-state index contributed by atoms with van der Waals surface area (Å²) in [6, 6.07) is 0. The number of hydrogen-bond acceptors (Lipinski definition) is 2. The van der Waals surface area contributed by atoms with E-state index in [1.807, 2.05) is 0 Å². The normalized spacial score (nSPS) is 8.82. The second-order valence-corrected chi connectivity index (χ2v) is 3.16. The molecule has 0 radical (unpaired) electrons. The van der Waals surface area contributed by atoms with Gasteiger partial charge in [0, 0.05) is 13.0 Å². The van der Waals surface area contributed by atoms with Crippen molar-refractivity contribution in [3.8, 4) is 0 Å². The van der Waals surface area contributed by atoms with Crippen LogP contribution in [0.25, 0.3) is 0 Å². The van der Waals surface area contributed by atoms with Crippen LogP contribution in [-0.2, 0) is 9.59 Å². The lowest BCUT2D eigenvalue weighted by Gasteiger charge is -1.98. The average Bonchev–Trinajstić information content (AvgIpc) is 1.97. The van der Waals surface area contributed by atoms with Crippen LogP contribution in [0.2, 0.25) is 0 Å². The maximum absolute atomic E-state index is 10.5. The number of nitrogens with one attached hydrogen (secondary N) is 1. The minimum Gasteiger partial charge on any atom is -0.353 e. The molecule has 0 rings (SSSR count). The summed E-state index contributed by atoms with van der Waals surface area (Å²) < 4.78 is 0.121. The molecule has 3 nitrogen and oxygen atoms in total. The van der Waals surface area contributed by atoms with Crippen LogP contribution in [0.15, 0.2) is 12.7 Å². The largest absolute Gasteiger partial charge is 0.353 e. The Balaban J connectivity index is 3.21. The van der Waals surface area contributed by atoms with Crippen molar-refractivity contribution >= 4 is 32.3 Å². The monoisotopic (exact) mass is 267 g/mol. The zero-order valence-electron chi connectivity index (χ0n) is 6.10. The first-order chi connectivity index (χ1) is 5.16. The predicted octanol–water partition coefficient (Wildman–Crippen LogP) is 1.03. The fraction of sp³-hybridized carbons (Fsp3) is 0.429. The summed E-state index contributed by atoms with van der Waals surface area (Å²) in [4.78, 5) is 21.0. The number of hydrogen-bond donors (Lipinski definition) is 1. The van der Waals surface area contributed by atoms with Crippen molar-refractivity contribution in [2.75, 3.05) is 6.54 Å². The molecule has 0 atom stereocenters. The predicted molar refractivity (Wildman–Crippen MR) is 51.5 cm³/mol. The Labute approximate surface area is 79.4 Å². The summed E-state index contributed by atoms with van der Waals surface area (Å²) in [6.07, 6.45) is 2.42. The Kier molecular flexibility index (Phi) is 6.10. The van der Waals surface area contributed by atoms with Crippen LogP contribution < -0.4 is 5.32 Å². The van der Waals surface area contributed by atoms with E-state index < -0.39 is 0 Å². The highest BCUT2D eigenvalue weighted by Gasteiger charge is 1.95. The van der Waals surface area contributed by atoms with E-state index in [1.165, 1.54) is 6.08 Å². The molecule has 0 saturated heterocycles. The van der Waals surface area contributed by atoms with Gasteiger partial charge in [0.15, 0.2) is 3.79 Å². The van der Waals surface area contributed by atoms with Gasteiger partial charge in [0.25, 0.3) is 0 Å². The van der Waals surface area contributed by atoms with Gasteiger partial charge in [-0.3, -0.25) is 9.59 Å². The third kappa shape index (κ3) is 7.51. The van der Waals surface area contributed by atoms with Crippen molar-refractivity contribution in [2.45, 2.75) is 12.8 Å². The lowest BCUT2D eigenvalue weighted by Crippen LogP contribution is -2.21. The molecule has 11 heavy (non-hydrogen) atoms. The van der Waals surface area contributed by atoms with Gasteiger partial charge < -0.3 is 5.32 Å². The van der Waals surface area contributed by atoms with Crippen LogP contribution in [0.5, 0.6) is 0 Å². The zero-order valence-corrected chi connectivity index (χ0v) is 8.26. The summed E-state index contributed by atoms with van der Waals surface area (Å²) in [7, 11) is 0. The fourth-order valence-corrected chi connectivity index (χ4v) is 0.893. The second kappa shape index (κ2) is 6.33. The van der Waals surface area contributed by atoms with Gasteiger partial charge in [-0.1, -0.05) is 6.58 Å². The molecular weight excluding hydrogens is 257 g/mol. The Bertz CT molecular complexity index is 168. The first-order valence-electron chi connectivity index (χ1n) is 3.25. The maximum atomic E-state index is 10.5. The molecule has 0 aliphatic heterocycles. The van der Waals surface area contributed by atoms with E-state index in [9.17, 15) is 9.59 Å². The molecule has 0 aromatic carbocycles. The van der Waals surface area contributed by atoms with Gasteiger partial charge >= 0.3 is 0 Å². The highest BCUT2D eigenvalue weighted by Crippen LogP contribution is 1.95. The Morgan fingerprint density at radius 2 is 2.18 bits per heavy atom. The molecule has 4 heteroatoms. The third-order valence-electron chi connectivity index (χ3n) is 1.03. The number of carbonyl (C=O) groups excluding carboxylic acids is 2. The Morgan fingerprint density at radius 3 is 2.64 bits per heavy atom. The van der Waals surface area contributed by atoms with Crippen LogP contribution in [0.1, 0.15) is 12.8 Å². The first-order valence-corrected chi connectivity index (χ1v) is 4.33. The number of carbonyl (C=O) groups is 2. The smallest absolute Gasteiger partial charge is 0.243 e. The maximum Gasteiger partial charge on any atom is 0.243 e. The summed E-state index contributed by atoms with van der Waals surface area (Å²) in [6.45, 7) is 3.84. The molecule has 0 aromatic heterocycles. The highest BCUT2D eigenvalue weighted by atomic mass is 127. The molecule has 0 saturated carbocycles. The fourth-order valence-electron chi connectivity index (χ4n) is 0.511. The third-order valence-corrected chi connectivity index (χ3v) is 1.57. The first kappa shape index (κ1) is 10.6. The lowest BCUT2D eigenvalue weighted by molar-refractivity contribution is -0.116. The van der Waals surface area contributed by atoms with E-state index in [0.29, 0.717) is 19.4 Å². The van der Waals surface area contributed by atoms with Crippen molar-refractivity contribution in [1.29, 1.82) is 0 Å². The highest BCUT2D eigenvalue weighted by molar-refractivity contribution is 14.1. The zero-order chi connectivity index (χ0) is 8.69. The SMILES string of the molecule is C=CC(=O)NCCCC(=O)I. The number of rotatable bonds is 5. The summed E-state index contributed by atoms with van der Waals surface area (Å²) in [5.41, 5.74) is 0. The summed E-state index contributed by atoms with van der Waals surface area (Å²) in [5, 5.41) is 2.58. The quantitative estimate of drug-likeness (QED) is 0.350. The van der Waals surface area contributed by atoms with E-state index in [0.717, 1.165) is 0 Å². The van der Waals surface area contributed by atoms with Crippen molar-refractivity contribution in [3.05, 3.63) is 12.7 Å². The Morgan fingerprint density at radius 1 is 1.55 bits per heavy atom. The second-order valence-electron chi connectivity index (χ2n) is 1.95. The van der Waals surface area contributed by atoms with Crippen LogP contribution in [0.3, 0.4) is 0 Å². The molecule has 0 heterocycles. The minimum atomic E-state index is -0.189. The molecule has 0 aliphatic rings. The van der Waals surface area contributed by atoms with Gasteiger partial charge in [0.1, 0.15) is 0 Å². The Hall–Kier alpha value is -0.390. The van der Waals surface area contributed by atoms with E-state index in [1.54, 1.807) is 22.6 Å². The number of halogens is 1. The van der Waals surface area contributed by atoms with Gasteiger partial charge in [-0.25, -0.2) is 0 Å². The van der Waals surface area contributed by atoms with Gasteiger partial charge in [0.2, 0.25) is 5.91 Å². The topological polar surface area (TPSA) is 46.2 Å². The van der Waals surface area contributed by atoms with E-state index in [2.05, 4.69) is 11.9 Å². The molecule has 0 aromatic rings. The molecular formula is C7H10INO2. The van der Waals surface area contributed by atoms with Crippen molar-refractivity contribution in [2.24, 2.45) is 0 Å². The lowest BCUT2D eigenvalue weighted by atomic mass is 10.3. The standard InChI is InChI=1S/C7H10INO2/c1-2-7(11)9-5-3-4-6(8)10/h2H,1,3-5H2,(H,9,11). The van der Waals surface area contributed by atoms with E-state index in [-0.39, 0.29) is 9.70 Å². The molecule has 0 bridgehead atoms. The van der Waals surface area contributed by atoms with E-state index >= 15 is 0 Å². The minimum absolute atomic E-state index is 0.121. The molecule has 1 amide bonds. The molecule has 1 N–H and O–H groups in total. The van der Waals surface area contributed by atoms with Crippen LogP contribution >= 0.6 is 22.6 Å². The van der Waals surface area contributed by atoms with Gasteiger partial charge in [-0.15, -0.1) is 0 Å². The molecule has 0 spiro atoms. The van der Waals surface area contributed by atoms with Gasteiger partial charge in [-0.2, -0.15) is 0 Å². The molecule has 62 valence electrons. The summed E-state index contributed by atoms with van der Waals surface area (Å²) in [5.74, 6) is -0.189. The van der Waals surface area contributed by atoms with Crippen molar-refractivity contribution in [1.82, 2.24) is 5.32 Å². The van der Waals surface area contributed by atoms with Crippen molar-refractivity contribution in [3.63, 3.8) is 0 Å². The molecule has 0 aliphatic carbocycles. The van der Waals surface area contributed by atoms with Crippen molar-refractivity contribution < 1.29 is 9.59 Å². The number of amides is 1. The van der Waals surface area contributed by atoms with Crippen LogP contribution in [0, 0.1) is 0 Å². The molecule has 0 unspecified atom stereocenters. The molecule has 0 fully saturated rings.